The highest BCUT2D eigenvalue weighted by Gasteiger charge is 2.46. The lowest BCUT2D eigenvalue weighted by Crippen LogP contribution is -2.49. The molecule has 6 rings (SSSR count). The highest BCUT2D eigenvalue weighted by molar-refractivity contribution is 5.94. The molecule has 7 heteroatoms. The van der Waals surface area contributed by atoms with E-state index in [-0.39, 0.29) is 5.91 Å². The van der Waals surface area contributed by atoms with Gasteiger partial charge in [-0.2, -0.15) is 5.10 Å². The lowest BCUT2D eigenvalue weighted by molar-refractivity contribution is -0.00176. The molecule has 2 saturated heterocycles. The second-order valence-corrected chi connectivity index (χ2v) is 9.30. The minimum atomic E-state index is -0.440. The Morgan fingerprint density at radius 2 is 1.73 bits per heavy atom. The first-order valence-electron chi connectivity index (χ1n) is 12.0. The zero-order chi connectivity index (χ0) is 22.3. The summed E-state index contributed by atoms with van der Waals surface area (Å²) in [5.74, 6) is 0.979. The number of ether oxygens (including phenoxy) is 1. The summed E-state index contributed by atoms with van der Waals surface area (Å²) in [7, 11) is 0. The minimum absolute atomic E-state index is 0.0602. The van der Waals surface area contributed by atoms with Crippen LogP contribution in [-0.2, 0) is 12.1 Å². The Hall–Kier alpha value is -3.19. The number of hydrogen-bond acceptors (Lipinski definition) is 5. The van der Waals surface area contributed by atoms with Gasteiger partial charge in [-0.1, -0.05) is 12.1 Å². The maximum absolute atomic E-state index is 13.0. The molecule has 0 aliphatic carbocycles. The molecule has 1 spiro atoms. The van der Waals surface area contributed by atoms with Gasteiger partial charge in [0.05, 0.1) is 18.4 Å². The maximum Gasteiger partial charge on any atom is 0.253 e. The van der Waals surface area contributed by atoms with Gasteiger partial charge in [0.1, 0.15) is 11.4 Å². The van der Waals surface area contributed by atoms with E-state index in [4.69, 9.17) is 9.84 Å². The van der Waals surface area contributed by atoms with Crippen LogP contribution in [0.1, 0.15) is 41.6 Å². The maximum atomic E-state index is 13.0. The van der Waals surface area contributed by atoms with Crippen LogP contribution in [0, 0.1) is 0 Å². The monoisotopic (exact) mass is 443 g/mol. The van der Waals surface area contributed by atoms with E-state index in [1.807, 2.05) is 17.2 Å². The summed E-state index contributed by atoms with van der Waals surface area (Å²) in [5.41, 5.74) is 3.71. The largest absolute Gasteiger partial charge is 0.482 e. The third kappa shape index (κ3) is 3.60. The fourth-order valence-electron chi connectivity index (χ4n) is 5.55. The first kappa shape index (κ1) is 20.4. The lowest BCUT2D eigenvalue weighted by atomic mass is 9.81. The van der Waals surface area contributed by atoms with Gasteiger partial charge in [0, 0.05) is 61.6 Å². The van der Waals surface area contributed by atoms with Crippen LogP contribution in [0.2, 0.25) is 0 Å². The molecule has 2 fully saturated rings. The van der Waals surface area contributed by atoms with Crippen LogP contribution in [0.4, 0.5) is 0 Å². The van der Waals surface area contributed by atoms with E-state index < -0.39 is 5.60 Å². The molecule has 0 atom stereocenters. The van der Waals surface area contributed by atoms with Crippen molar-refractivity contribution in [1.29, 1.82) is 0 Å². The number of carbonyl (C=O) groups is 1. The van der Waals surface area contributed by atoms with Gasteiger partial charge < -0.3 is 14.5 Å². The Kier molecular flexibility index (Phi) is 5.14. The number of carbonyl (C=O) groups excluding carboxylic acids is 1. The second kappa shape index (κ2) is 8.30. The summed E-state index contributed by atoms with van der Waals surface area (Å²) in [4.78, 5) is 21.5. The molecule has 1 aromatic carbocycles. The average molecular weight is 444 g/mol. The number of nitrogens with zero attached hydrogens (tertiary/aromatic N) is 5. The van der Waals surface area contributed by atoms with Crippen LogP contribution in [0.3, 0.4) is 0 Å². The van der Waals surface area contributed by atoms with Crippen molar-refractivity contribution in [2.75, 3.05) is 32.7 Å². The predicted octanol–water partition coefficient (Wildman–Crippen LogP) is 3.56. The van der Waals surface area contributed by atoms with Crippen molar-refractivity contribution in [1.82, 2.24) is 24.6 Å². The van der Waals surface area contributed by atoms with E-state index in [0.717, 1.165) is 37.2 Å². The highest BCUT2D eigenvalue weighted by Crippen LogP contribution is 2.49. The van der Waals surface area contributed by atoms with Crippen LogP contribution >= 0.6 is 0 Å². The summed E-state index contributed by atoms with van der Waals surface area (Å²) >= 11 is 0. The van der Waals surface area contributed by atoms with E-state index in [0.29, 0.717) is 18.7 Å². The Bertz CT molecular complexity index is 1140. The van der Waals surface area contributed by atoms with E-state index in [1.54, 1.807) is 24.5 Å². The van der Waals surface area contributed by atoms with Gasteiger partial charge in [-0.3, -0.25) is 14.5 Å². The number of aromatic nitrogens is 3. The molecule has 0 bridgehead atoms. The summed E-state index contributed by atoms with van der Waals surface area (Å²) in [6, 6.07) is 11.9. The van der Waals surface area contributed by atoms with Crippen molar-refractivity contribution in [3.05, 3.63) is 66.1 Å². The van der Waals surface area contributed by atoms with Crippen molar-refractivity contribution < 1.29 is 9.53 Å². The van der Waals surface area contributed by atoms with Crippen molar-refractivity contribution in [2.24, 2.45) is 0 Å². The van der Waals surface area contributed by atoms with Crippen molar-refractivity contribution in [3.63, 3.8) is 0 Å². The van der Waals surface area contributed by atoms with Gasteiger partial charge in [-0.05, 0) is 50.2 Å². The number of piperidine rings is 1. The number of para-hydroxylation sites is 1. The molecule has 33 heavy (non-hydrogen) atoms. The standard InChI is InChI=1S/C26H29N5O2/c32-25(20-7-11-27-12-8-20)30-15-9-26(10-16-30)22-19-28-31(18-17-29-13-3-4-14-29)24(22)21-5-1-2-6-23(21)33-26/h1-2,5-8,11-12,19H,3-4,9-10,13-18H2. The SMILES string of the molecule is O=C(c1ccncc1)N1CCC2(CC1)Oc1ccccc1-c1c2cnn1CCN1CCCC1. The number of benzene rings is 1. The number of likely N-dealkylation sites (tertiary alicyclic amines) is 2. The molecule has 2 aromatic heterocycles. The van der Waals surface area contributed by atoms with E-state index in [2.05, 4.69) is 32.8 Å². The molecule has 0 unspecified atom stereocenters. The second-order valence-electron chi connectivity index (χ2n) is 9.30. The topological polar surface area (TPSA) is 63.5 Å². The van der Waals surface area contributed by atoms with Crippen LogP contribution in [0.5, 0.6) is 5.75 Å². The third-order valence-corrected chi connectivity index (χ3v) is 7.39. The molecule has 7 nitrogen and oxygen atoms in total. The molecule has 1 amide bonds. The van der Waals surface area contributed by atoms with E-state index >= 15 is 0 Å². The number of fused-ring (bicyclic) bond motifs is 4. The fraction of sp³-hybridized carbons (Fsp3) is 0.423. The highest BCUT2D eigenvalue weighted by atomic mass is 16.5. The van der Waals surface area contributed by atoms with Crippen LogP contribution in [0.15, 0.2) is 55.0 Å². The first-order valence-corrected chi connectivity index (χ1v) is 12.0. The zero-order valence-corrected chi connectivity index (χ0v) is 18.8. The summed E-state index contributed by atoms with van der Waals surface area (Å²) in [5, 5.41) is 4.83. The molecule has 0 N–H and O–H groups in total. The number of hydrogen-bond donors (Lipinski definition) is 0. The smallest absolute Gasteiger partial charge is 0.253 e. The quantitative estimate of drug-likeness (QED) is 0.617. The number of rotatable bonds is 4. The Balaban J connectivity index is 1.27. The summed E-state index contributed by atoms with van der Waals surface area (Å²) in [6.45, 7) is 5.59. The number of amides is 1. The third-order valence-electron chi connectivity index (χ3n) is 7.39. The van der Waals surface area contributed by atoms with Gasteiger partial charge in [0.15, 0.2) is 0 Å². The van der Waals surface area contributed by atoms with Crippen molar-refractivity contribution in [3.8, 4) is 17.0 Å². The molecule has 3 aliphatic rings. The summed E-state index contributed by atoms with van der Waals surface area (Å²) < 4.78 is 8.87. The predicted molar refractivity (Wildman–Crippen MR) is 125 cm³/mol. The van der Waals surface area contributed by atoms with Crippen LogP contribution in [0.25, 0.3) is 11.3 Å². The Morgan fingerprint density at radius 1 is 0.970 bits per heavy atom. The molecular weight excluding hydrogens is 414 g/mol. The normalized spacial score (nSPS) is 19.2. The van der Waals surface area contributed by atoms with Gasteiger partial charge >= 0.3 is 0 Å². The molecule has 170 valence electrons. The fourth-order valence-corrected chi connectivity index (χ4v) is 5.55. The van der Waals surface area contributed by atoms with Crippen molar-refractivity contribution in [2.45, 2.75) is 37.8 Å². The molecule has 3 aliphatic heterocycles. The van der Waals surface area contributed by atoms with Gasteiger partial charge in [0.25, 0.3) is 5.91 Å². The van der Waals surface area contributed by atoms with Crippen molar-refractivity contribution >= 4 is 5.91 Å². The first-order chi connectivity index (χ1) is 16.2. The Labute approximate surface area is 194 Å². The van der Waals surface area contributed by atoms with Gasteiger partial charge in [-0.15, -0.1) is 0 Å². The number of pyridine rings is 1. The van der Waals surface area contributed by atoms with Crippen LogP contribution in [-0.4, -0.2) is 63.2 Å². The molecule has 3 aromatic rings. The van der Waals surface area contributed by atoms with E-state index in [9.17, 15) is 4.79 Å². The average Bonchev–Trinajstić information content (AvgIpc) is 3.54. The van der Waals surface area contributed by atoms with Gasteiger partial charge in [0.2, 0.25) is 0 Å². The molecule has 5 heterocycles. The molecule has 0 saturated carbocycles. The molecule has 0 radical (unpaired) electrons. The Morgan fingerprint density at radius 3 is 2.52 bits per heavy atom. The zero-order valence-electron chi connectivity index (χ0n) is 18.8. The van der Waals surface area contributed by atoms with E-state index in [1.165, 1.54) is 37.2 Å². The van der Waals surface area contributed by atoms with Gasteiger partial charge in [-0.25, -0.2) is 0 Å². The summed E-state index contributed by atoms with van der Waals surface area (Å²) in [6.07, 6.45) is 9.45. The minimum Gasteiger partial charge on any atom is -0.482 e. The molecular formula is C26H29N5O2. The lowest BCUT2D eigenvalue weighted by Gasteiger charge is -2.44. The van der Waals surface area contributed by atoms with Crippen LogP contribution < -0.4 is 4.74 Å².